The third kappa shape index (κ3) is 3.81. The first kappa shape index (κ1) is 13.5. The zero-order chi connectivity index (χ0) is 12.2. The summed E-state index contributed by atoms with van der Waals surface area (Å²) in [6.45, 7) is 0. The Kier molecular flexibility index (Phi) is 4.83. The van der Waals surface area contributed by atoms with Crippen LogP contribution < -0.4 is 5.73 Å². The van der Waals surface area contributed by atoms with Crippen molar-refractivity contribution < 1.29 is 8.42 Å². The van der Waals surface area contributed by atoms with Crippen molar-refractivity contribution in [1.82, 2.24) is 0 Å². The molecule has 0 aliphatic heterocycles. The quantitative estimate of drug-likeness (QED) is 0.876. The summed E-state index contributed by atoms with van der Waals surface area (Å²) in [5, 5.41) is 0. The molecule has 0 spiro atoms. The van der Waals surface area contributed by atoms with E-state index >= 15 is 0 Å². The molecule has 0 aliphatic carbocycles. The summed E-state index contributed by atoms with van der Waals surface area (Å²) >= 11 is 1.76. The highest BCUT2D eigenvalue weighted by Gasteiger charge is 2.09. The van der Waals surface area contributed by atoms with Gasteiger partial charge in [0.05, 0.1) is 4.90 Å². The van der Waals surface area contributed by atoms with E-state index in [1.54, 1.807) is 36.0 Å². The zero-order valence-corrected chi connectivity index (χ0v) is 11.1. The van der Waals surface area contributed by atoms with Crippen LogP contribution in [0.4, 0.5) is 0 Å². The number of thioether (sulfide) groups is 1. The monoisotopic (exact) mass is 259 g/mol. The lowest BCUT2D eigenvalue weighted by Gasteiger charge is -2.11. The summed E-state index contributed by atoms with van der Waals surface area (Å²) in [6, 6.07) is 6.80. The topological polar surface area (TPSA) is 60.2 Å². The Bertz CT molecular complexity index is 426. The van der Waals surface area contributed by atoms with Crippen molar-refractivity contribution in [2.24, 2.45) is 5.73 Å². The highest BCUT2D eigenvalue weighted by Crippen LogP contribution is 2.18. The first-order valence-corrected chi connectivity index (χ1v) is 8.28. The van der Waals surface area contributed by atoms with Crippen LogP contribution in [0.2, 0.25) is 0 Å². The SMILES string of the molecule is CSCCC(N)c1ccc(S(C)(=O)=O)cc1. The number of benzene rings is 1. The maximum Gasteiger partial charge on any atom is 0.175 e. The Labute approximate surface area is 101 Å². The van der Waals surface area contributed by atoms with Crippen LogP contribution in [0.5, 0.6) is 0 Å². The molecule has 3 nitrogen and oxygen atoms in total. The van der Waals surface area contributed by atoms with E-state index in [4.69, 9.17) is 5.73 Å². The minimum atomic E-state index is -3.11. The summed E-state index contributed by atoms with van der Waals surface area (Å²) in [7, 11) is -3.11. The van der Waals surface area contributed by atoms with Crippen LogP contribution >= 0.6 is 11.8 Å². The Morgan fingerprint density at radius 1 is 1.31 bits per heavy atom. The lowest BCUT2D eigenvalue weighted by Crippen LogP contribution is -2.11. The maximum atomic E-state index is 11.3. The summed E-state index contributed by atoms with van der Waals surface area (Å²) in [6.07, 6.45) is 4.15. The van der Waals surface area contributed by atoms with E-state index in [9.17, 15) is 8.42 Å². The van der Waals surface area contributed by atoms with Gasteiger partial charge < -0.3 is 5.73 Å². The molecule has 0 saturated heterocycles. The molecule has 16 heavy (non-hydrogen) atoms. The van der Waals surface area contributed by atoms with Gasteiger partial charge in [-0.15, -0.1) is 0 Å². The fourth-order valence-electron chi connectivity index (χ4n) is 1.37. The molecule has 1 unspecified atom stereocenters. The van der Waals surface area contributed by atoms with E-state index < -0.39 is 9.84 Å². The Hall–Kier alpha value is -0.520. The summed E-state index contributed by atoms with van der Waals surface area (Å²) in [5.41, 5.74) is 6.96. The fourth-order valence-corrected chi connectivity index (χ4v) is 2.49. The lowest BCUT2D eigenvalue weighted by molar-refractivity contribution is 0.601. The summed E-state index contributed by atoms with van der Waals surface area (Å²) < 4.78 is 22.5. The molecule has 0 aromatic heterocycles. The van der Waals surface area contributed by atoms with E-state index in [1.807, 2.05) is 6.26 Å². The summed E-state index contributed by atoms with van der Waals surface area (Å²) in [4.78, 5) is 0.341. The Morgan fingerprint density at radius 3 is 2.31 bits per heavy atom. The van der Waals surface area contributed by atoms with Crippen molar-refractivity contribution in [2.45, 2.75) is 17.4 Å². The van der Waals surface area contributed by atoms with Crippen LogP contribution in [0.1, 0.15) is 18.0 Å². The van der Waals surface area contributed by atoms with Gasteiger partial charge in [-0.1, -0.05) is 12.1 Å². The highest BCUT2D eigenvalue weighted by molar-refractivity contribution is 7.98. The Balaban J connectivity index is 2.79. The predicted molar refractivity (Wildman–Crippen MR) is 69.5 cm³/mol. The first-order chi connectivity index (χ1) is 7.45. The average Bonchev–Trinajstić information content (AvgIpc) is 2.25. The van der Waals surface area contributed by atoms with Gasteiger partial charge in [0.15, 0.2) is 9.84 Å². The number of nitrogens with two attached hydrogens (primary N) is 1. The van der Waals surface area contributed by atoms with Crippen LogP contribution in [-0.2, 0) is 9.84 Å². The van der Waals surface area contributed by atoms with Gasteiger partial charge >= 0.3 is 0 Å². The van der Waals surface area contributed by atoms with Gasteiger partial charge in [-0.25, -0.2) is 8.42 Å². The van der Waals surface area contributed by atoms with Crippen molar-refractivity contribution >= 4 is 21.6 Å². The molecule has 1 atom stereocenters. The lowest BCUT2D eigenvalue weighted by atomic mass is 10.1. The molecule has 0 aliphatic rings. The molecule has 0 radical (unpaired) electrons. The minimum absolute atomic E-state index is 0.0129. The van der Waals surface area contributed by atoms with Gasteiger partial charge in [-0.2, -0.15) is 11.8 Å². The predicted octanol–water partition coefficient (Wildman–Crippen LogP) is 1.84. The fraction of sp³-hybridized carbons (Fsp3) is 0.455. The van der Waals surface area contributed by atoms with E-state index in [2.05, 4.69) is 0 Å². The zero-order valence-electron chi connectivity index (χ0n) is 9.51. The molecule has 0 amide bonds. The first-order valence-electron chi connectivity index (χ1n) is 4.99. The maximum absolute atomic E-state index is 11.3. The van der Waals surface area contributed by atoms with Gasteiger partial charge in [0.2, 0.25) is 0 Å². The molecule has 0 heterocycles. The van der Waals surface area contributed by atoms with Crippen LogP contribution in [0, 0.1) is 0 Å². The molecule has 0 bridgehead atoms. The smallest absolute Gasteiger partial charge is 0.175 e. The molecular formula is C11H17NO2S2. The van der Waals surface area contributed by atoms with Crippen molar-refractivity contribution in [3.8, 4) is 0 Å². The van der Waals surface area contributed by atoms with E-state index in [-0.39, 0.29) is 6.04 Å². The van der Waals surface area contributed by atoms with Crippen molar-refractivity contribution in [2.75, 3.05) is 18.3 Å². The minimum Gasteiger partial charge on any atom is -0.324 e. The highest BCUT2D eigenvalue weighted by atomic mass is 32.2. The van der Waals surface area contributed by atoms with Gasteiger partial charge in [-0.05, 0) is 36.1 Å². The molecule has 1 rings (SSSR count). The normalized spacial score (nSPS) is 13.7. The number of sulfone groups is 1. The second kappa shape index (κ2) is 5.70. The van der Waals surface area contributed by atoms with Crippen molar-refractivity contribution in [1.29, 1.82) is 0 Å². The molecule has 0 fully saturated rings. The number of hydrogen-bond donors (Lipinski definition) is 1. The largest absolute Gasteiger partial charge is 0.324 e. The molecule has 0 saturated carbocycles. The van der Waals surface area contributed by atoms with Crippen LogP contribution in [0.25, 0.3) is 0 Å². The Morgan fingerprint density at radius 2 is 1.88 bits per heavy atom. The molecule has 1 aromatic carbocycles. The number of hydrogen-bond acceptors (Lipinski definition) is 4. The molecular weight excluding hydrogens is 242 g/mol. The molecule has 90 valence electrons. The van der Waals surface area contributed by atoms with Crippen molar-refractivity contribution in [3.63, 3.8) is 0 Å². The standard InChI is InChI=1S/C11H17NO2S2/c1-15-8-7-11(12)9-3-5-10(6-4-9)16(2,13)14/h3-6,11H,7-8,12H2,1-2H3. The molecule has 1 aromatic rings. The van der Waals surface area contributed by atoms with E-state index in [1.165, 1.54) is 6.26 Å². The van der Waals surface area contributed by atoms with Gasteiger partial charge in [0.25, 0.3) is 0 Å². The van der Waals surface area contributed by atoms with E-state index in [0.29, 0.717) is 4.90 Å². The van der Waals surface area contributed by atoms with E-state index in [0.717, 1.165) is 17.7 Å². The number of rotatable bonds is 5. The molecule has 2 N–H and O–H groups in total. The van der Waals surface area contributed by atoms with Crippen molar-refractivity contribution in [3.05, 3.63) is 29.8 Å². The average molecular weight is 259 g/mol. The second-order valence-electron chi connectivity index (χ2n) is 3.73. The second-order valence-corrected chi connectivity index (χ2v) is 6.73. The van der Waals surface area contributed by atoms with Gasteiger partial charge in [0, 0.05) is 12.3 Å². The third-order valence-electron chi connectivity index (χ3n) is 2.37. The van der Waals surface area contributed by atoms with Gasteiger partial charge in [-0.3, -0.25) is 0 Å². The van der Waals surface area contributed by atoms with Crippen LogP contribution in [0.15, 0.2) is 29.2 Å². The van der Waals surface area contributed by atoms with Gasteiger partial charge in [0.1, 0.15) is 0 Å². The van der Waals surface area contributed by atoms with Crippen LogP contribution in [-0.4, -0.2) is 26.7 Å². The molecule has 5 heteroatoms. The van der Waals surface area contributed by atoms with Crippen LogP contribution in [0.3, 0.4) is 0 Å². The summed E-state index contributed by atoms with van der Waals surface area (Å²) in [5.74, 6) is 1.01. The third-order valence-corrected chi connectivity index (χ3v) is 4.14.